The van der Waals surface area contributed by atoms with Crippen LogP contribution in [0.3, 0.4) is 0 Å². The van der Waals surface area contributed by atoms with Crippen molar-refractivity contribution in [3.8, 4) is 5.75 Å². The standard InChI is InChI=1S/C21H28O4/c1-2-3-4-5-8-16-13-15-9-10-18(22)17(15)14-19(16)25-21(20(23)24)11-6-7-12-21/h13-14H,2-12H2,1H3,(H,23,24). The Morgan fingerprint density at radius 2 is 1.92 bits per heavy atom. The van der Waals surface area contributed by atoms with Crippen molar-refractivity contribution < 1.29 is 19.4 Å². The van der Waals surface area contributed by atoms with Crippen LogP contribution in [0.4, 0.5) is 0 Å². The first-order chi connectivity index (χ1) is 12.1. The van der Waals surface area contributed by atoms with Gasteiger partial charge in [-0.2, -0.15) is 0 Å². The minimum absolute atomic E-state index is 0.146. The summed E-state index contributed by atoms with van der Waals surface area (Å²) in [7, 11) is 0. The van der Waals surface area contributed by atoms with Crippen LogP contribution >= 0.6 is 0 Å². The van der Waals surface area contributed by atoms with Crippen LogP contribution in [0.15, 0.2) is 12.1 Å². The monoisotopic (exact) mass is 344 g/mol. The van der Waals surface area contributed by atoms with Gasteiger partial charge in [-0.15, -0.1) is 0 Å². The molecule has 0 bridgehead atoms. The van der Waals surface area contributed by atoms with Crippen molar-refractivity contribution in [3.05, 3.63) is 28.8 Å². The number of ether oxygens (including phenoxy) is 1. The topological polar surface area (TPSA) is 63.6 Å². The highest BCUT2D eigenvalue weighted by Gasteiger charge is 2.44. The van der Waals surface area contributed by atoms with E-state index in [9.17, 15) is 14.7 Å². The van der Waals surface area contributed by atoms with Gasteiger partial charge in [-0.1, -0.05) is 32.3 Å². The van der Waals surface area contributed by atoms with E-state index in [0.717, 1.165) is 55.2 Å². The van der Waals surface area contributed by atoms with Crippen LogP contribution in [0, 0.1) is 0 Å². The lowest BCUT2D eigenvalue weighted by molar-refractivity contribution is -0.154. The zero-order valence-corrected chi connectivity index (χ0v) is 15.1. The van der Waals surface area contributed by atoms with E-state index >= 15 is 0 Å². The van der Waals surface area contributed by atoms with E-state index in [2.05, 4.69) is 13.0 Å². The van der Waals surface area contributed by atoms with Crippen molar-refractivity contribution in [2.24, 2.45) is 0 Å². The summed E-state index contributed by atoms with van der Waals surface area (Å²) in [6.07, 6.45) is 9.69. The third-order valence-electron chi connectivity index (χ3n) is 5.61. The summed E-state index contributed by atoms with van der Waals surface area (Å²) in [5.74, 6) is -0.114. The fraction of sp³-hybridized carbons (Fsp3) is 0.619. The number of fused-ring (bicyclic) bond motifs is 1. The number of benzene rings is 1. The molecule has 0 spiro atoms. The van der Waals surface area contributed by atoms with Crippen molar-refractivity contribution >= 4 is 11.8 Å². The number of hydrogen-bond donors (Lipinski definition) is 1. The maximum Gasteiger partial charge on any atom is 0.348 e. The second-order valence-electron chi connectivity index (χ2n) is 7.46. The fourth-order valence-electron chi connectivity index (χ4n) is 4.07. The van der Waals surface area contributed by atoms with Crippen LogP contribution in [-0.4, -0.2) is 22.5 Å². The molecule has 0 amide bonds. The number of aliphatic carboxylic acids is 1. The molecule has 0 aromatic heterocycles. The Hall–Kier alpha value is -1.84. The van der Waals surface area contributed by atoms with E-state index in [-0.39, 0.29) is 5.78 Å². The summed E-state index contributed by atoms with van der Waals surface area (Å²) < 4.78 is 6.13. The van der Waals surface area contributed by atoms with Crippen molar-refractivity contribution in [1.29, 1.82) is 0 Å². The average Bonchev–Trinajstić information content (AvgIpc) is 3.20. The molecule has 0 atom stereocenters. The molecule has 1 saturated carbocycles. The first-order valence-corrected chi connectivity index (χ1v) is 9.67. The highest BCUT2D eigenvalue weighted by Crippen LogP contribution is 2.38. The molecule has 136 valence electrons. The lowest BCUT2D eigenvalue weighted by Gasteiger charge is -2.27. The lowest BCUT2D eigenvalue weighted by Crippen LogP contribution is -2.42. The number of hydrogen-bond acceptors (Lipinski definition) is 3. The third-order valence-corrected chi connectivity index (χ3v) is 5.61. The first kappa shape index (κ1) is 18.0. The van der Waals surface area contributed by atoms with Gasteiger partial charge in [-0.3, -0.25) is 4.79 Å². The van der Waals surface area contributed by atoms with Crippen molar-refractivity contribution in [2.45, 2.75) is 83.2 Å². The molecule has 2 aliphatic rings. The smallest absolute Gasteiger partial charge is 0.348 e. The molecule has 1 aromatic rings. The predicted molar refractivity (Wildman–Crippen MR) is 96.4 cm³/mol. The van der Waals surface area contributed by atoms with Crippen LogP contribution < -0.4 is 4.74 Å². The number of carboxylic acids is 1. The minimum atomic E-state index is -1.12. The molecule has 0 radical (unpaired) electrons. The molecule has 3 rings (SSSR count). The predicted octanol–water partition coefficient (Wildman–Crippen LogP) is 4.71. The Morgan fingerprint density at radius 1 is 1.16 bits per heavy atom. The van der Waals surface area contributed by atoms with Crippen molar-refractivity contribution in [3.63, 3.8) is 0 Å². The summed E-state index contributed by atoms with van der Waals surface area (Å²) in [4.78, 5) is 24.0. The van der Waals surface area contributed by atoms with Crippen LogP contribution in [0.25, 0.3) is 0 Å². The van der Waals surface area contributed by atoms with E-state index in [4.69, 9.17) is 4.74 Å². The van der Waals surface area contributed by atoms with E-state index in [0.29, 0.717) is 25.0 Å². The molecule has 1 N–H and O–H groups in total. The Morgan fingerprint density at radius 3 is 2.60 bits per heavy atom. The molecule has 1 fully saturated rings. The zero-order valence-electron chi connectivity index (χ0n) is 15.1. The number of ketones is 1. The van der Waals surface area contributed by atoms with Gasteiger partial charge < -0.3 is 9.84 Å². The van der Waals surface area contributed by atoms with E-state index in [1.165, 1.54) is 12.8 Å². The van der Waals surface area contributed by atoms with Gasteiger partial charge in [0.2, 0.25) is 5.60 Å². The first-order valence-electron chi connectivity index (χ1n) is 9.67. The summed E-state index contributed by atoms with van der Waals surface area (Å²) in [5, 5.41) is 9.72. The fourth-order valence-corrected chi connectivity index (χ4v) is 4.07. The molecule has 1 aromatic carbocycles. The van der Waals surface area contributed by atoms with E-state index in [1.54, 1.807) is 0 Å². The number of rotatable bonds is 8. The van der Waals surface area contributed by atoms with Crippen LogP contribution in [-0.2, 0) is 17.6 Å². The number of carbonyl (C=O) groups is 2. The Bertz CT molecular complexity index is 656. The minimum Gasteiger partial charge on any atom is -0.478 e. The molecule has 4 nitrogen and oxygen atoms in total. The highest BCUT2D eigenvalue weighted by molar-refractivity contribution is 6.01. The quantitative estimate of drug-likeness (QED) is 0.693. The molecule has 0 unspecified atom stereocenters. The third kappa shape index (κ3) is 3.73. The molecular formula is C21H28O4. The molecule has 2 aliphatic carbocycles. The molecule has 25 heavy (non-hydrogen) atoms. The normalized spacial score (nSPS) is 18.4. The maximum absolute atomic E-state index is 12.1. The lowest BCUT2D eigenvalue weighted by atomic mass is 9.98. The molecule has 0 heterocycles. The second-order valence-corrected chi connectivity index (χ2v) is 7.46. The van der Waals surface area contributed by atoms with Gasteiger partial charge in [0.05, 0.1) is 0 Å². The van der Waals surface area contributed by atoms with Crippen LogP contribution in [0.2, 0.25) is 0 Å². The summed E-state index contributed by atoms with van der Waals surface area (Å²) >= 11 is 0. The van der Waals surface area contributed by atoms with E-state index in [1.807, 2.05) is 6.07 Å². The number of carbonyl (C=O) groups excluding carboxylic acids is 1. The van der Waals surface area contributed by atoms with Crippen molar-refractivity contribution in [1.82, 2.24) is 0 Å². The summed E-state index contributed by atoms with van der Waals surface area (Å²) in [6.45, 7) is 2.19. The van der Waals surface area contributed by atoms with E-state index < -0.39 is 11.6 Å². The van der Waals surface area contributed by atoms with Gasteiger partial charge >= 0.3 is 5.97 Å². The average molecular weight is 344 g/mol. The van der Waals surface area contributed by atoms with Gasteiger partial charge in [0, 0.05) is 12.0 Å². The molecule has 0 saturated heterocycles. The Kier molecular flexibility index (Phi) is 5.45. The zero-order chi connectivity index (χ0) is 17.9. The number of Topliss-reactive ketones (excluding diaryl/α,β-unsaturated/α-hetero) is 1. The number of unbranched alkanes of at least 4 members (excludes halogenated alkanes) is 3. The largest absolute Gasteiger partial charge is 0.478 e. The maximum atomic E-state index is 12.1. The Balaban J connectivity index is 1.88. The van der Waals surface area contributed by atoms with Crippen LogP contribution in [0.5, 0.6) is 5.75 Å². The number of aryl methyl sites for hydroxylation is 2. The summed E-state index contributed by atoms with van der Waals surface area (Å²) in [6, 6.07) is 3.91. The van der Waals surface area contributed by atoms with Crippen molar-refractivity contribution in [2.75, 3.05) is 0 Å². The SMILES string of the molecule is CCCCCCc1cc2c(cc1OC1(C(=O)O)CCCC1)C(=O)CC2. The van der Waals surface area contributed by atoms with Gasteiger partial charge in [0.25, 0.3) is 0 Å². The second kappa shape index (κ2) is 7.59. The molecule has 4 heteroatoms. The number of carboxylic acid groups (broad SMARTS) is 1. The van der Waals surface area contributed by atoms with Gasteiger partial charge in [0.1, 0.15) is 5.75 Å². The molecule has 0 aliphatic heterocycles. The van der Waals surface area contributed by atoms with Crippen LogP contribution in [0.1, 0.15) is 86.2 Å². The van der Waals surface area contributed by atoms with Gasteiger partial charge in [0.15, 0.2) is 5.78 Å². The highest BCUT2D eigenvalue weighted by atomic mass is 16.5. The Labute approximate surface area is 149 Å². The van der Waals surface area contributed by atoms with Gasteiger partial charge in [-0.05, 0) is 62.1 Å². The molecular weight excluding hydrogens is 316 g/mol. The van der Waals surface area contributed by atoms with Gasteiger partial charge in [-0.25, -0.2) is 4.79 Å². The summed E-state index contributed by atoms with van der Waals surface area (Å²) in [5.41, 5.74) is 1.77.